The third-order valence-electron chi connectivity index (χ3n) is 3.84. The summed E-state index contributed by atoms with van der Waals surface area (Å²) >= 11 is 1.34. The van der Waals surface area contributed by atoms with Gasteiger partial charge in [-0.25, -0.2) is 13.4 Å². The van der Waals surface area contributed by atoms with E-state index in [4.69, 9.17) is 4.74 Å². The number of anilines is 1. The number of ether oxygens (including phenoxy) is 1. The van der Waals surface area contributed by atoms with Crippen LogP contribution in [-0.2, 0) is 14.8 Å². The molecule has 3 rings (SSSR count). The predicted molar refractivity (Wildman–Crippen MR) is 94.0 cm³/mol. The number of nitrogens with zero attached hydrogens (tertiary/aromatic N) is 2. The fraction of sp³-hybridized carbons (Fsp3) is 0.467. The Hall–Kier alpha value is -1.71. The summed E-state index contributed by atoms with van der Waals surface area (Å²) in [6.45, 7) is 2.81. The highest BCUT2D eigenvalue weighted by atomic mass is 32.2. The Morgan fingerprint density at radius 1 is 1.50 bits per heavy atom. The first-order valence-corrected chi connectivity index (χ1v) is 10.4. The Kier molecular flexibility index (Phi) is 4.75. The molecule has 1 aromatic heterocycles. The van der Waals surface area contributed by atoms with E-state index in [-0.39, 0.29) is 5.91 Å². The number of fused-ring (bicyclic) bond motifs is 1. The SMILES string of the molecule is CCOc1cccc2sc(NC(=O)[C@@H]3CCCN3S(C)(=O)=O)nc12. The summed E-state index contributed by atoms with van der Waals surface area (Å²) in [4.78, 5) is 16.9. The molecule has 1 aromatic carbocycles. The van der Waals surface area contributed by atoms with E-state index >= 15 is 0 Å². The normalized spacial score (nSPS) is 18.8. The van der Waals surface area contributed by atoms with Crippen LogP contribution in [0.25, 0.3) is 10.2 Å². The van der Waals surface area contributed by atoms with Gasteiger partial charge in [0.05, 0.1) is 17.6 Å². The van der Waals surface area contributed by atoms with Gasteiger partial charge in [0.2, 0.25) is 15.9 Å². The zero-order chi connectivity index (χ0) is 17.3. The van der Waals surface area contributed by atoms with Crippen molar-refractivity contribution in [1.29, 1.82) is 0 Å². The van der Waals surface area contributed by atoms with Crippen molar-refractivity contribution in [3.63, 3.8) is 0 Å². The van der Waals surface area contributed by atoms with E-state index in [0.717, 1.165) is 11.0 Å². The summed E-state index contributed by atoms with van der Waals surface area (Å²) in [6, 6.07) is 4.95. The number of nitrogens with one attached hydrogen (secondary N) is 1. The lowest BCUT2D eigenvalue weighted by Gasteiger charge is -2.20. The van der Waals surface area contributed by atoms with Crippen molar-refractivity contribution >= 4 is 42.6 Å². The highest BCUT2D eigenvalue weighted by molar-refractivity contribution is 7.88. The number of benzene rings is 1. The predicted octanol–water partition coefficient (Wildman–Crippen LogP) is 2.06. The molecule has 0 unspecified atom stereocenters. The number of hydrogen-bond acceptors (Lipinski definition) is 6. The number of hydrogen-bond donors (Lipinski definition) is 1. The molecule has 7 nitrogen and oxygen atoms in total. The van der Waals surface area contributed by atoms with E-state index in [2.05, 4.69) is 10.3 Å². The molecule has 1 saturated heterocycles. The highest BCUT2D eigenvalue weighted by Crippen LogP contribution is 2.33. The standard InChI is InChI=1S/C15H19N3O4S2/c1-3-22-11-7-4-8-12-13(11)16-15(23-12)17-14(19)10-6-5-9-18(10)24(2,20)21/h4,7-8,10H,3,5-6,9H2,1-2H3,(H,16,17,19)/t10-/m0/s1. The van der Waals surface area contributed by atoms with E-state index in [9.17, 15) is 13.2 Å². The maximum Gasteiger partial charge on any atom is 0.244 e. The van der Waals surface area contributed by atoms with Crippen LogP contribution in [0.5, 0.6) is 5.75 Å². The number of thiazole rings is 1. The van der Waals surface area contributed by atoms with Crippen molar-refractivity contribution in [2.45, 2.75) is 25.8 Å². The van der Waals surface area contributed by atoms with Crippen LogP contribution in [-0.4, -0.2) is 49.1 Å². The molecule has 130 valence electrons. The maximum atomic E-state index is 12.5. The number of rotatable bonds is 5. The lowest BCUT2D eigenvalue weighted by molar-refractivity contribution is -0.119. The molecule has 0 bridgehead atoms. The van der Waals surface area contributed by atoms with E-state index in [1.165, 1.54) is 15.6 Å². The second kappa shape index (κ2) is 6.66. The second-order valence-electron chi connectivity index (χ2n) is 5.58. The minimum absolute atomic E-state index is 0.338. The van der Waals surface area contributed by atoms with Gasteiger partial charge < -0.3 is 10.1 Å². The highest BCUT2D eigenvalue weighted by Gasteiger charge is 2.36. The van der Waals surface area contributed by atoms with Gasteiger partial charge in [0, 0.05) is 6.54 Å². The van der Waals surface area contributed by atoms with E-state index < -0.39 is 16.1 Å². The number of sulfonamides is 1. The Balaban J connectivity index is 1.82. The van der Waals surface area contributed by atoms with Crippen LogP contribution >= 0.6 is 11.3 Å². The molecular formula is C15H19N3O4S2. The molecule has 0 spiro atoms. The van der Waals surface area contributed by atoms with Crippen LogP contribution in [0.4, 0.5) is 5.13 Å². The van der Waals surface area contributed by atoms with Crippen molar-refractivity contribution in [3.8, 4) is 5.75 Å². The molecule has 1 atom stereocenters. The molecule has 1 aliphatic heterocycles. The second-order valence-corrected chi connectivity index (χ2v) is 8.54. The van der Waals surface area contributed by atoms with Crippen LogP contribution in [0.2, 0.25) is 0 Å². The van der Waals surface area contributed by atoms with Crippen LogP contribution in [0, 0.1) is 0 Å². The molecule has 0 aliphatic carbocycles. The maximum absolute atomic E-state index is 12.5. The Labute approximate surface area is 144 Å². The van der Waals surface area contributed by atoms with Gasteiger partial charge in [0.1, 0.15) is 17.3 Å². The number of carbonyl (C=O) groups is 1. The molecule has 0 radical (unpaired) electrons. The van der Waals surface area contributed by atoms with Crippen LogP contribution < -0.4 is 10.1 Å². The molecular weight excluding hydrogens is 350 g/mol. The Bertz CT molecular complexity index is 863. The fourth-order valence-corrected chi connectivity index (χ4v) is 4.85. The van der Waals surface area contributed by atoms with E-state index in [0.29, 0.717) is 42.4 Å². The first kappa shape index (κ1) is 17.1. The average molecular weight is 369 g/mol. The summed E-state index contributed by atoms with van der Waals surface area (Å²) in [5, 5.41) is 3.20. The molecule has 2 heterocycles. The third kappa shape index (κ3) is 3.38. The van der Waals surface area contributed by atoms with Crippen molar-refractivity contribution in [3.05, 3.63) is 18.2 Å². The Morgan fingerprint density at radius 2 is 2.29 bits per heavy atom. The van der Waals surface area contributed by atoms with Gasteiger partial charge in [0.15, 0.2) is 5.13 Å². The number of para-hydroxylation sites is 1. The molecule has 1 amide bonds. The lowest BCUT2D eigenvalue weighted by Crippen LogP contribution is -2.42. The molecule has 24 heavy (non-hydrogen) atoms. The first-order valence-electron chi connectivity index (χ1n) is 7.70. The third-order valence-corrected chi connectivity index (χ3v) is 6.07. The van der Waals surface area contributed by atoms with Gasteiger partial charge in [-0.3, -0.25) is 4.79 Å². The van der Waals surface area contributed by atoms with E-state index in [1.807, 2.05) is 25.1 Å². The topological polar surface area (TPSA) is 88.6 Å². The molecule has 0 saturated carbocycles. The minimum Gasteiger partial charge on any atom is -0.492 e. The van der Waals surface area contributed by atoms with Crippen LogP contribution in [0.1, 0.15) is 19.8 Å². The van der Waals surface area contributed by atoms with Crippen molar-refractivity contribution < 1.29 is 17.9 Å². The van der Waals surface area contributed by atoms with Crippen molar-refractivity contribution in [2.24, 2.45) is 0 Å². The summed E-state index contributed by atoms with van der Waals surface area (Å²) < 4.78 is 31.2. The first-order chi connectivity index (χ1) is 11.4. The monoisotopic (exact) mass is 369 g/mol. The molecule has 1 aliphatic rings. The summed E-state index contributed by atoms with van der Waals surface area (Å²) in [5.74, 6) is 0.334. The zero-order valence-electron chi connectivity index (χ0n) is 13.5. The Morgan fingerprint density at radius 3 is 3.00 bits per heavy atom. The number of aromatic nitrogens is 1. The largest absolute Gasteiger partial charge is 0.492 e. The van der Waals surface area contributed by atoms with Gasteiger partial charge in [0.25, 0.3) is 0 Å². The van der Waals surface area contributed by atoms with Gasteiger partial charge in [-0.15, -0.1) is 0 Å². The van der Waals surface area contributed by atoms with Gasteiger partial charge >= 0.3 is 0 Å². The number of carbonyl (C=O) groups excluding carboxylic acids is 1. The summed E-state index contributed by atoms with van der Waals surface area (Å²) in [7, 11) is -3.39. The average Bonchev–Trinajstić information content (AvgIpc) is 3.13. The lowest BCUT2D eigenvalue weighted by atomic mass is 10.2. The van der Waals surface area contributed by atoms with Crippen LogP contribution in [0.15, 0.2) is 18.2 Å². The fourth-order valence-electron chi connectivity index (χ4n) is 2.84. The van der Waals surface area contributed by atoms with Gasteiger partial charge in [-0.1, -0.05) is 17.4 Å². The quantitative estimate of drug-likeness (QED) is 0.871. The van der Waals surface area contributed by atoms with Crippen LogP contribution in [0.3, 0.4) is 0 Å². The zero-order valence-corrected chi connectivity index (χ0v) is 15.1. The molecule has 1 fully saturated rings. The molecule has 2 aromatic rings. The van der Waals surface area contributed by atoms with Crippen molar-refractivity contribution in [1.82, 2.24) is 9.29 Å². The van der Waals surface area contributed by atoms with Crippen molar-refractivity contribution in [2.75, 3.05) is 24.7 Å². The minimum atomic E-state index is -3.39. The molecule has 1 N–H and O–H groups in total. The van der Waals surface area contributed by atoms with Gasteiger partial charge in [-0.05, 0) is 31.9 Å². The summed E-state index contributed by atoms with van der Waals surface area (Å²) in [5.41, 5.74) is 0.700. The molecule has 9 heteroatoms. The van der Waals surface area contributed by atoms with E-state index in [1.54, 1.807) is 0 Å². The summed E-state index contributed by atoms with van der Waals surface area (Å²) in [6.07, 6.45) is 2.33. The van der Waals surface area contributed by atoms with Gasteiger partial charge in [-0.2, -0.15) is 4.31 Å². The smallest absolute Gasteiger partial charge is 0.244 e. The number of amides is 1.